The highest BCUT2D eigenvalue weighted by Gasteiger charge is 2.16. The highest BCUT2D eigenvalue weighted by atomic mass is 16.5. The first-order chi connectivity index (χ1) is 7.90. The number of Topliss-reactive ketones (excluding diaryl/α,β-unsaturated/α-hetero) is 1. The van der Waals surface area contributed by atoms with Crippen LogP contribution in [0.4, 0.5) is 0 Å². The van der Waals surface area contributed by atoms with Crippen LogP contribution in [0.5, 0.6) is 5.75 Å². The number of ketones is 1. The summed E-state index contributed by atoms with van der Waals surface area (Å²) in [6, 6.07) is 5.12. The Labute approximate surface area is 100 Å². The first-order valence-electron chi connectivity index (χ1n) is 5.42. The summed E-state index contributed by atoms with van der Waals surface area (Å²) in [5.74, 6) is -1.12. The zero-order valence-electron chi connectivity index (χ0n) is 10.2. The fraction of sp³-hybridized carbons (Fsp3) is 0.385. The minimum atomic E-state index is -1.13. The maximum Gasteiger partial charge on any atom is 0.311 e. The molecule has 4 nitrogen and oxygen atoms in total. The number of aryl methyl sites for hydroxylation is 1. The SMILES string of the molecule is Cc1ccc(C(=O)CC(=O)O)c(OC(C)C)c1. The van der Waals surface area contributed by atoms with Gasteiger partial charge in [-0.05, 0) is 38.5 Å². The summed E-state index contributed by atoms with van der Waals surface area (Å²) in [6.45, 7) is 5.60. The summed E-state index contributed by atoms with van der Waals surface area (Å²) in [7, 11) is 0. The van der Waals surface area contributed by atoms with Gasteiger partial charge in [-0.3, -0.25) is 9.59 Å². The topological polar surface area (TPSA) is 63.6 Å². The first kappa shape index (κ1) is 13.2. The molecule has 0 aliphatic rings. The molecule has 92 valence electrons. The van der Waals surface area contributed by atoms with Gasteiger partial charge in [-0.2, -0.15) is 0 Å². The molecule has 0 saturated heterocycles. The Hall–Kier alpha value is -1.84. The Balaban J connectivity index is 3.05. The van der Waals surface area contributed by atoms with Gasteiger partial charge >= 0.3 is 5.97 Å². The summed E-state index contributed by atoms with van der Waals surface area (Å²) in [5, 5.41) is 8.61. The van der Waals surface area contributed by atoms with E-state index >= 15 is 0 Å². The molecule has 0 heterocycles. The fourth-order valence-corrected chi connectivity index (χ4v) is 1.44. The third-order valence-corrected chi connectivity index (χ3v) is 2.11. The monoisotopic (exact) mass is 236 g/mol. The molecule has 1 aromatic rings. The van der Waals surface area contributed by atoms with Crippen LogP contribution in [0.3, 0.4) is 0 Å². The number of carboxylic acids is 1. The average Bonchev–Trinajstić information content (AvgIpc) is 2.15. The third kappa shape index (κ3) is 3.90. The van der Waals surface area contributed by atoms with Gasteiger partial charge in [0.1, 0.15) is 12.2 Å². The van der Waals surface area contributed by atoms with E-state index in [4.69, 9.17) is 9.84 Å². The van der Waals surface area contributed by atoms with E-state index in [-0.39, 0.29) is 6.10 Å². The molecular weight excluding hydrogens is 220 g/mol. The van der Waals surface area contributed by atoms with Gasteiger partial charge in [0, 0.05) is 0 Å². The van der Waals surface area contributed by atoms with Crippen LogP contribution < -0.4 is 4.74 Å². The number of rotatable bonds is 5. The van der Waals surface area contributed by atoms with Gasteiger partial charge in [0.2, 0.25) is 0 Å². The van der Waals surface area contributed by atoms with Gasteiger partial charge in [-0.25, -0.2) is 0 Å². The standard InChI is InChI=1S/C13H16O4/c1-8(2)17-12-6-9(3)4-5-10(12)11(14)7-13(15)16/h4-6,8H,7H2,1-3H3,(H,15,16). The van der Waals surface area contributed by atoms with Crippen molar-refractivity contribution in [3.8, 4) is 5.75 Å². The summed E-state index contributed by atoms with van der Waals surface area (Å²) < 4.78 is 5.52. The highest BCUT2D eigenvalue weighted by Crippen LogP contribution is 2.23. The van der Waals surface area contributed by atoms with Crippen LogP contribution in [0.1, 0.15) is 36.2 Å². The van der Waals surface area contributed by atoms with E-state index in [1.54, 1.807) is 18.2 Å². The second-order valence-electron chi connectivity index (χ2n) is 4.16. The molecule has 0 amide bonds. The number of carboxylic acid groups (broad SMARTS) is 1. The van der Waals surface area contributed by atoms with E-state index in [0.717, 1.165) is 5.56 Å². The van der Waals surface area contributed by atoms with Gasteiger partial charge in [0.15, 0.2) is 5.78 Å². The molecule has 0 bridgehead atoms. The maximum atomic E-state index is 11.7. The Morgan fingerprint density at radius 2 is 2.00 bits per heavy atom. The molecule has 0 aromatic heterocycles. The van der Waals surface area contributed by atoms with E-state index in [0.29, 0.717) is 11.3 Å². The maximum absolute atomic E-state index is 11.7. The lowest BCUT2D eigenvalue weighted by atomic mass is 10.0. The van der Waals surface area contributed by atoms with E-state index in [9.17, 15) is 9.59 Å². The second-order valence-corrected chi connectivity index (χ2v) is 4.16. The summed E-state index contributed by atoms with van der Waals surface area (Å²) >= 11 is 0. The van der Waals surface area contributed by atoms with Crippen LogP contribution in [-0.2, 0) is 4.79 Å². The molecule has 0 unspecified atom stereocenters. The molecule has 0 radical (unpaired) electrons. The van der Waals surface area contributed by atoms with Gasteiger partial charge in [0.05, 0.1) is 11.7 Å². The van der Waals surface area contributed by atoms with Gasteiger partial charge in [-0.1, -0.05) is 6.07 Å². The molecule has 0 saturated carbocycles. The predicted octanol–water partition coefficient (Wildman–Crippen LogP) is 2.44. The number of hydrogen-bond donors (Lipinski definition) is 1. The largest absolute Gasteiger partial charge is 0.490 e. The molecule has 4 heteroatoms. The van der Waals surface area contributed by atoms with Crippen molar-refractivity contribution in [3.05, 3.63) is 29.3 Å². The van der Waals surface area contributed by atoms with Crippen molar-refractivity contribution in [3.63, 3.8) is 0 Å². The first-order valence-corrected chi connectivity index (χ1v) is 5.42. The summed E-state index contributed by atoms with van der Waals surface area (Å²) in [6.07, 6.45) is -0.578. The van der Waals surface area contributed by atoms with Crippen LogP contribution in [0, 0.1) is 6.92 Å². The van der Waals surface area contributed by atoms with Crippen molar-refractivity contribution in [2.24, 2.45) is 0 Å². The van der Waals surface area contributed by atoms with E-state index < -0.39 is 18.2 Å². The predicted molar refractivity (Wildman–Crippen MR) is 63.5 cm³/mol. The molecule has 0 spiro atoms. The van der Waals surface area contributed by atoms with Crippen LogP contribution in [0.2, 0.25) is 0 Å². The molecule has 17 heavy (non-hydrogen) atoms. The van der Waals surface area contributed by atoms with Crippen molar-refractivity contribution >= 4 is 11.8 Å². The fourth-order valence-electron chi connectivity index (χ4n) is 1.44. The number of ether oxygens (including phenoxy) is 1. The van der Waals surface area contributed by atoms with Crippen molar-refractivity contribution in [1.29, 1.82) is 0 Å². The zero-order chi connectivity index (χ0) is 13.0. The normalized spacial score (nSPS) is 10.4. The molecular formula is C13H16O4. The van der Waals surface area contributed by atoms with Crippen molar-refractivity contribution in [2.75, 3.05) is 0 Å². The second kappa shape index (κ2) is 5.48. The van der Waals surface area contributed by atoms with E-state index in [1.165, 1.54) is 0 Å². The Bertz CT molecular complexity index is 435. The smallest absolute Gasteiger partial charge is 0.311 e. The van der Waals surface area contributed by atoms with Crippen molar-refractivity contribution in [2.45, 2.75) is 33.3 Å². The molecule has 1 rings (SSSR count). The lowest BCUT2D eigenvalue weighted by molar-refractivity contribution is -0.135. The minimum Gasteiger partial charge on any atom is -0.490 e. The molecule has 0 aliphatic heterocycles. The molecule has 1 aromatic carbocycles. The minimum absolute atomic E-state index is 0.0619. The van der Waals surface area contributed by atoms with Crippen LogP contribution in [0.25, 0.3) is 0 Å². The number of benzene rings is 1. The van der Waals surface area contributed by atoms with Gasteiger partial charge in [0.25, 0.3) is 0 Å². The summed E-state index contributed by atoms with van der Waals surface area (Å²) in [4.78, 5) is 22.2. The van der Waals surface area contributed by atoms with Gasteiger partial charge in [-0.15, -0.1) is 0 Å². The molecule has 1 N–H and O–H groups in total. The molecule has 0 fully saturated rings. The van der Waals surface area contributed by atoms with Crippen LogP contribution in [0.15, 0.2) is 18.2 Å². The lowest BCUT2D eigenvalue weighted by Crippen LogP contribution is -2.12. The Morgan fingerprint density at radius 1 is 1.35 bits per heavy atom. The Kier molecular flexibility index (Phi) is 4.26. The number of aliphatic carboxylic acids is 1. The number of carbonyl (C=O) groups excluding carboxylic acids is 1. The third-order valence-electron chi connectivity index (χ3n) is 2.11. The van der Waals surface area contributed by atoms with Crippen molar-refractivity contribution < 1.29 is 19.4 Å². The van der Waals surface area contributed by atoms with Crippen LogP contribution >= 0.6 is 0 Å². The average molecular weight is 236 g/mol. The van der Waals surface area contributed by atoms with E-state index in [1.807, 2.05) is 20.8 Å². The molecule has 0 atom stereocenters. The zero-order valence-corrected chi connectivity index (χ0v) is 10.2. The lowest BCUT2D eigenvalue weighted by Gasteiger charge is -2.13. The van der Waals surface area contributed by atoms with E-state index in [2.05, 4.69) is 0 Å². The summed E-state index contributed by atoms with van der Waals surface area (Å²) in [5.41, 5.74) is 1.29. The van der Waals surface area contributed by atoms with Crippen LogP contribution in [-0.4, -0.2) is 23.0 Å². The Morgan fingerprint density at radius 3 is 2.53 bits per heavy atom. The highest BCUT2D eigenvalue weighted by molar-refractivity contribution is 6.07. The number of carbonyl (C=O) groups is 2. The van der Waals surface area contributed by atoms with Crippen molar-refractivity contribution in [1.82, 2.24) is 0 Å². The van der Waals surface area contributed by atoms with Gasteiger partial charge < -0.3 is 9.84 Å². The molecule has 0 aliphatic carbocycles. The number of hydrogen-bond acceptors (Lipinski definition) is 3. The quantitative estimate of drug-likeness (QED) is 0.630.